The zero-order valence-electron chi connectivity index (χ0n) is 23.3. The highest BCUT2D eigenvalue weighted by Crippen LogP contribution is 2.40. The van der Waals surface area contributed by atoms with Crippen molar-refractivity contribution in [3.8, 4) is 45.6 Å². The molecule has 0 N–H and O–H groups in total. The van der Waals surface area contributed by atoms with E-state index in [4.69, 9.17) is 24.4 Å². The number of oxazole rings is 1. The Bertz CT molecular complexity index is 2500. The molecule has 3 heterocycles. The van der Waals surface area contributed by atoms with E-state index in [9.17, 15) is 0 Å². The van der Waals surface area contributed by atoms with Crippen LogP contribution in [0.5, 0.6) is 0 Å². The molecule has 0 spiro atoms. The van der Waals surface area contributed by atoms with Gasteiger partial charge in [0, 0.05) is 47.8 Å². The molecule has 9 rings (SSSR count). The van der Waals surface area contributed by atoms with Gasteiger partial charge in [-0.15, -0.1) is 11.3 Å². The van der Waals surface area contributed by atoms with Crippen LogP contribution < -0.4 is 0 Å². The van der Waals surface area contributed by atoms with Crippen molar-refractivity contribution in [2.24, 2.45) is 0 Å². The van der Waals surface area contributed by atoms with E-state index in [1.807, 2.05) is 72.8 Å². The molecule has 0 fully saturated rings. The highest BCUT2D eigenvalue weighted by atomic mass is 32.1. The van der Waals surface area contributed by atoms with Crippen LogP contribution in [-0.4, -0.2) is 19.9 Å². The summed E-state index contributed by atoms with van der Waals surface area (Å²) in [5.41, 5.74) is 5.22. The molecular weight excluding hydrogens is 561 g/mol. The van der Waals surface area contributed by atoms with Gasteiger partial charge in [0.15, 0.2) is 23.1 Å². The van der Waals surface area contributed by atoms with E-state index in [-0.39, 0.29) is 0 Å². The first-order chi connectivity index (χ1) is 21.8. The third-order valence-electron chi connectivity index (χ3n) is 7.97. The van der Waals surface area contributed by atoms with E-state index in [1.165, 1.54) is 15.5 Å². The number of fused-ring (bicyclic) bond motifs is 6. The number of aromatic nitrogens is 4. The first-order valence-corrected chi connectivity index (χ1v) is 15.2. The molecule has 0 bridgehead atoms. The highest BCUT2D eigenvalue weighted by molar-refractivity contribution is 7.26. The number of hydrogen-bond acceptors (Lipinski definition) is 6. The molecule has 3 aromatic heterocycles. The molecule has 0 saturated heterocycles. The van der Waals surface area contributed by atoms with E-state index in [0.717, 1.165) is 43.2 Å². The summed E-state index contributed by atoms with van der Waals surface area (Å²) in [6.45, 7) is 0. The van der Waals surface area contributed by atoms with Crippen LogP contribution in [0.1, 0.15) is 0 Å². The third kappa shape index (κ3) is 4.00. The first-order valence-electron chi connectivity index (χ1n) is 14.4. The Morgan fingerprint density at radius 2 is 1.14 bits per heavy atom. The summed E-state index contributed by atoms with van der Waals surface area (Å²) in [6.07, 6.45) is 0. The maximum Gasteiger partial charge on any atom is 0.227 e. The van der Waals surface area contributed by atoms with Crippen molar-refractivity contribution in [2.45, 2.75) is 0 Å². The van der Waals surface area contributed by atoms with Crippen molar-refractivity contribution in [1.29, 1.82) is 0 Å². The fourth-order valence-electron chi connectivity index (χ4n) is 5.90. The molecule has 0 aliphatic rings. The van der Waals surface area contributed by atoms with E-state index in [0.29, 0.717) is 28.9 Å². The van der Waals surface area contributed by atoms with Gasteiger partial charge in [-0.2, -0.15) is 0 Å². The van der Waals surface area contributed by atoms with Crippen molar-refractivity contribution in [3.05, 3.63) is 133 Å². The standard InChI is InChI=1S/C38H22N4OS/c1-3-11-24(12-4-1)35-40-36(42-37(41-35)29-19-10-17-27-26-16-7-8-20-31(26)44-34(27)29)28-18-9-15-23-21-22-30-33(32(23)28)43-38(39-30)25-13-5-2-6-14-25/h1-22H. The molecule has 44 heavy (non-hydrogen) atoms. The van der Waals surface area contributed by atoms with E-state index >= 15 is 0 Å². The molecule has 0 saturated carbocycles. The zero-order chi connectivity index (χ0) is 29.0. The SMILES string of the molecule is c1ccc(-c2nc(-c3cccc4c3sc3ccccc34)nc(-c3cccc4ccc5nc(-c6ccccc6)oc5c34)n2)cc1. The lowest BCUT2D eigenvalue weighted by Gasteiger charge is -2.11. The van der Waals surface area contributed by atoms with Gasteiger partial charge in [-0.1, -0.05) is 103 Å². The van der Waals surface area contributed by atoms with Gasteiger partial charge in [-0.05, 0) is 35.7 Å². The van der Waals surface area contributed by atoms with Crippen LogP contribution >= 0.6 is 11.3 Å². The largest absolute Gasteiger partial charge is 0.435 e. The molecule has 5 nitrogen and oxygen atoms in total. The topological polar surface area (TPSA) is 64.7 Å². The number of hydrogen-bond donors (Lipinski definition) is 0. The summed E-state index contributed by atoms with van der Waals surface area (Å²) in [4.78, 5) is 20.1. The van der Waals surface area contributed by atoms with Gasteiger partial charge >= 0.3 is 0 Å². The molecule has 6 heteroatoms. The second-order valence-electron chi connectivity index (χ2n) is 10.7. The van der Waals surface area contributed by atoms with Crippen LogP contribution in [-0.2, 0) is 0 Å². The van der Waals surface area contributed by atoms with Gasteiger partial charge in [-0.3, -0.25) is 0 Å². The molecule has 0 aliphatic carbocycles. The van der Waals surface area contributed by atoms with Crippen LogP contribution in [0.3, 0.4) is 0 Å². The smallest absolute Gasteiger partial charge is 0.227 e. The fourth-order valence-corrected chi connectivity index (χ4v) is 7.11. The summed E-state index contributed by atoms with van der Waals surface area (Å²) in [5, 5.41) is 4.40. The monoisotopic (exact) mass is 582 g/mol. The summed E-state index contributed by atoms with van der Waals surface area (Å²) < 4.78 is 8.87. The van der Waals surface area contributed by atoms with Crippen molar-refractivity contribution in [3.63, 3.8) is 0 Å². The van der Waals surface area contributed by atoms with Crippen LogP contribution in [0, 0.1) is 0 Å². The predicted molar refractivity (Wildman–Crippen MR) is 180 cm³/mol. The average molecular weight is 583 g/mol. The third-order valence-corrected chi connectivity index (χ3v) is 9.19. The van der Waals surface area contributed by atoms with Crippen LogP contribution in [0.15, 0.2) is 138 Å². The molecule has 0 unspecified atom stereocenters. The number of nitrogens with zero attached hydrogens (tertiary/aromatic N) is 4. The Labute approximate surface area is 256 Å². The van der Waals surface area contributed by atoms with Crippen molar-refractivity contribution >= 4 is 53.4 Å². The number of benzene rings is 6. The minimum atomic E-state index is 0.584. The number of thiophene rings is 1. The molecule has 0 radical (unpaired) electrons. The second-order valence-corrected chi connectivity index (χ2v) is 11.7. The summed E-state index contributed by atoms with van der Waals surface area (Å²) in [5.74, 6) is 2.43. The molecule has 6 aromatic carbocycles. The zero-order valence-corrected chi connectivity index (χ0v) is 24.1. The lowest BCUT2D eigenvalue weighted by Crippen LogP contribution is -2.00. The van der Waals surface area contributed by atoms with E-state index < -0.39 is 0 Å². The van der Waals surface area contributed by atoms with Crippen LogP contribution in [0.2, 0.25) is 0 Å². The molecule has 206 valence electrons. The quantitative estimate of drug-likeness (QED) is 0.207. The summed E-state index contributed by atoms with van der Waals surface area (Å²) in [7, 11) is 0. The fraction of sp³-hybridized carbons (Fsp3) is 0. The molecule has 0 atom stereocenters. The van der Waals surface area contributed by atoms with Crippen LogP contribution in [0.4, 0.5) is 0 Å². The van der Waals surface area contributed by atoms with Gasteiger partial charge in [0.2, 0.25) is 5.89 Å². The normalized spacial score (nSPS) is 11.6. The Hall–Kier alpha value is -5.72. The number of rotatable bonds is 4. The van der Waals surface area contributed by atoms with Gasteiger partial charge in [0.1, 0.15) is 5.52 Å². The second kappa shape index (κ2) is 9.93. The molecule has 0 aliphatic heterocycles. The van der Waals surface area contributed by atoms with Gasteiger partial charge in [0.05, 0.1) is 0 Å². The Kier molecular flexibility index (Phi) is 5.61. The minimum Gasteiger partial charge on any atom is -0.435 e. The van der Waals surface area contributed by atoms with Crippen molar-refractivity contribution in [1.82, 2.24) is 19.9 Å². The minimum absolute atomic E-state index is 0.584. The molecular formula is C38H22N4OS. The van der Waals surface area contributed by atoms with Gasteiger partial charge < -0.3 is 4.42 Å². The summed E-state index contributed by atoms with van der Waals surface area (Å²) in [6, 6.07) is 45.2. The average Bonchev–Trinajstić information content (AvgIpc) is 3.71. The Morgan fingerprint density at radius 3 is 1.98 bits per heavy atom. The predicted octanol–water partition coefficient (Wildman–Crippen LogP) is 10.2. The first kappa shape index (κ1) is 24.8. The highest BCUT2D eigenvalue weighted by Gasteiger charge is 2.20. The lowest BCUT2D eigenvalue weighted by molar-refractivity contribution is 0.623. The lowest BCUT2D eigenvalue weighted by atomic mass is 10.0. The van der Waals surface area contributed by atoms with E-state index in [1.54, 1.807) is 11.3 Å². The van der Waals surface area contributed by atoms with Crippen molar-refractivity contribution < 1.29 is 4.42 Å². The Balaban J connectivity index is 1.32. The van der Waals surface area contributed by atoms with Crippen molar-refractivity contribution in [2.75, 3.05) is 0 Å². The van der Waals surface area contributed by atoms with Gasteiger partial charge in [0.25, 0.3) is 0 Å². The Morgan fingerprint density at radius 1 is 0.477 bits per heavy atom. The molecule has 0 amide bonds. The maximum atomic E-state index is 6.47. The van der Waals surface area contributed by atoms with Gasteiger partial charge in [-0.25, -0.2) is 19.9 Å². The van der Waals surface area contributed by atoms with Crippen LogP contribution in [0.25, 0.3) is 87.7 Å². The molecule has 9 aromatic rings. The summed E-state index contributed by atoms with van der Waals surface area (Å²) >= 11 is 1.77. The maximum absolute atomic E-state index is 6.47. The van der Waals surface area contributed by atoms with E-state index in [2.05, 4.69) is 60.7 Å².